The Bertz CT molecular complexity index is 1180. The van der Waals surface area contributed by atoms with Crippen LogP contribution < -0.4 is 4.74 Å². The SMILES string of the molecule is COc1ccc(S(=O)(=O)N2CCC(c3nc(C)n4c(C)c(C)sc34)CC2)cc1F. The average Bonchev–Trinajstić information content (AvgIpc) is 3.18. The largest absolute Gasteiger partial charge is 0.494 e. The molecule has 1 saturated heterocycles. The van der Waals surface area contributed by atoms with Crippen molar-refractivity contribution in [2.24, 2.45) is 0 Å². The molecule has 3 heterocycles. The number of thiazole rings is 1. The van der Waals surface area contributed by atoms with E-state index in [0.717, 1.165) is 22.4 Å². The van der Waals surface area contributed by atoms with E-state index in [1.54, 1.807) is 11.3 Å². The minimum atomic E-state index is -3.74. The van der Waals surface area contributed by atoms with Gasteiger partial charge in [-0.15, -0.1) is 11.3 Å². The average molecular weight is 438 g/mol. The zero-order chi connectivity index (χ0) is 20.9. The number of fused-ring (bicyclic) bond motifs is 1. The zero-order valence-corrected chi connectivity index (χ0v) is 18.5. The number of aromatic nitrogens is 2. The van der Waals surface area contributed by atoms with Crippen LogP contribution in [0.3, 0.4) is 0 Å². The third-order valence-electron chi connectivity index (χ3n) is 5.72. The van der Waals surface area contributed by atoms with E-state index in [2.05, 4.69) is 18.2 Å². The molecule has 0 aliphatic carbocycles. The Kier molecular flexibility index (Phi) is 5.16. The van der Waals surface area contributed by atoms with Gasteiger partial charge in [0.2, 0.25) is 10.0 Å². The van der Waals surface area contributed by atoms with Gasteiger partial charge >= 0.3 is 0 Å². The van der Waals surface area contributed by atoms with E-state index in [1.165, 1.54) is 34.1 Å². The maximum absolute atomic E-state index is 14.0. The number of halogens is 1. The molecule has 0 spiro atoms. The molecule has 0 saturated carbocycles. The molecular weight excluding hydrogens is 413 g/mol. The molecule has 6 nitrogen and oxygen atoms in total. The van der Waals surface area contributed by atoms with Gasteiger partial charge in [-0.1, -0.05) is 0 Å². The maximum Gasteiger partial charge on any atom is 0.243 e. The van der Waals surface area contributed by atoms with Gasteiger partial charge < -0.3 is 4.74 Å². The second-order valence-electron chi connectivity index (χ2n) is 7.40. The molecule has 4 rings (SSSR count). The Morgan fingerprint density at radius 2 is 1.90 bits per heavy atom. The Morgan fingerprint density at radius 1 is 1.21 bits per heavy atom. The highest BCUT2D eigenvalue weighted by atomic mass is 32.2. The zero-order valence-electron chi connectivity index (χ0n) is 16.9. The minimum absolute atomic E-state index is 0.0309. The van der Waals surface area contributed by atoms with Crippen molar-refractivity contribution in [1.29, 1.82) is 0 Å². The van der Waals surface area contributed by atoms with Gasteiger partial charge in [-0.05, 0) is 51.8 Å². The molecule has 1 aliphatic heterocycles. The number of imidazole rings is 1. The van der Waals surface area contributed by atoms with Crippen molar-refractivity contribution < 1.29 is 17.5 Å². The van der Waals surface area contributed by atoms with Crippen LogP contribution in [0.15, 0.2) is 23.1 Å². The van der Waals surface area contributed by atoms with Gasteiger partial charge in [-0.25, -0.2) is 17.8 Å². The van der Waals surface area contributed by atoms with E-state index in [9.17, 15) is 12.8 Å². The van der Waals surface area contributed by atoms with E-state index in [-0.39, 0.29) is 16.6 Å². The van der Waals surface area contributed by atoms with Gasteiger partial charge in [0.05, 0.1) is 17.7 Å². The fourth-order valence-corrected chi connectivity index (χ4v) is 6.68. The summed E-state index contributed by atoms with van der Waals surface area (Å²) in [4.78, 5) is 7.19. The quantitative estimate of drug-likeness (QED) is 0.618. The highest BCUT2D eigenvalue weighted by Crippen LogP contribution is 2.36. The number of aryl methyl sites for hydroxylation is 3. The van der Waals surface area contributed by atoms with E-state index < -0.39 is 15.8 Å². The van der Waals surface area contributed by atoms with Crippen molar-refractivity contribution in [2.75, 3.05) is 20.2 Å². The van der Waals surface area contributed by atoms with Crippen LogP contribution in [0, 0.1) is 26.6 Å². The first-order valence-electron chi connectivity index (χ1n) is 9.52. The Hall–Kier alpha value is -1.97. The number of hydrogen-bond acceptors (Lipinski definition) is 5. The summed E-state index contributed by atoms with van der Waals surface area (Å²) in [6.45, 7) is 7.00. The predicted octanol–water partition coefficient (Wildman–Crippen LogP) is 4.04. The fourth-order valence-electron chi connectivity index (χ4n) is 4.00. The third kappa shape index (κ3) is 3.35. The van der Waals surface area contributed by atoms with Crippen LogP contribution >= 0.6 is 11.3 Å². The highest BCUT2D eigenvalue weighted by Gasteiger charge is 2.32. The number of hydrogen-bond donors (Lipinski definition) is 0. The lowest BCUT2D eigenvalue weighted by molar-refractivity contribution is 0.317. The van der Waals surface area contributed by atoms with E-state index in [4.69, 9.17) is 9.72 Å². The first-order chi connectivity index (χ1) is 13.7. The van der Waals surface area contributed by atoms with Crippen LogP contribution in [0.25, 0.3) is 4.83 Å². The standard InChI is InChI=1S/C20H24FN3O3S2/c1-12-13(2)28-20-19(22-14(3)24(12)20)15-7-9-23(10-8-15)29(25,26)16-5-6-18(27-4)17(21)11-16/h5-6,11,15H,7-10H2,1-4H3. The number of piperidine rings is 1. The topological polar surface area (TPSA) is 63.9 Å². The summed E-state index contributed by atoms with van der Waals surface area (Å²) in [5.41, 5.74) is 2.28. The summed E-state index contributed by atoms with van der Waals surface area (Å²) in [6, 6.07) is 3.77. The Labute approximate surface area is 174 Å². The van der Waals surface area contributed by atoms with Crippen molar-refractivity contribution in [1.82, 2.24) is 13.7 Å². The first-order valence-corrected chi connectivity index (χ1v) is 11.8. The van der Waals surface area contributed by atoms with Crippen LogP contribution in [0.2, 0.25) is 0 Å². The van der Waals surface area contributed by atoms with Crippen LogP contribution in [0.4, 0.5) is 4.39 Å². The maximum atomic E-state index is 14.0. The summed E-state index contributed by atoms with van der Waals surface area (Å²) in [5.74, 6) is 0.543. The molecule has 9 heteroatoms. The van der Waals surface area contributed by atoms with Crippen molar-refractivity contribution in [3.05, 3.63) is 46.1 Å². The molecule has 1 aliphatic rings. The Morgan fingerprint density at radius 3 is 2.52 bits per heavy atom. The van der Waals surface area contributed by atoms with Gasteiger partial charge in [-0.2, -0.15) is 4.31 Å². The number of ether oxygens (including phenoxy) is 1. The number of nitrogens with zero attached hydrogens (tertiary/aromatic N) is 3. The second-order valence-corrected chi connectivity index (χ2v) is 10.5. The van der Waals surface area contributed by atoms with Crippen molar-refractivity contribution in [3.8, 4) is 5.75 Å². The molecule has 0 radical (unpaired) electrons. The molecule has 2 aromatic heterocycles. The first kappa shape index (κ1) is 20.3. The number of benzene rings is 1. The normalized spacial score (nSPS) is 16.6. The summed E-state index contributed by atoms with van der Waals surface area (Å²) in [6.07, 6.45) is 1.39. The van der Waals surface area contributed by atoms with E-state index in [0.29, 0.717) is 25.9 Å². The van der Waals surface area contributed by atoms with Gasteiger partial charge in [0, 0.05) is 29.6 Å². The molecule has 156 valence electrons. The predicted molar refractivity (Wildman–Crippen MR) is 111 cm³/mol. The van der Waals surface area contributed by atoms with E-state index >= 15 is 0 Å². The van der Waals surface area contributed by atoms with Gasteiger partial charge in [0.1, 0.15) is 10.7 Å². The van der Waals surface area contributed by atoms with Crippen LogP contribution in [0.5, 0.6) is 5.75 Å². The summed E-state index contributed by atoms with van der Waals surface area (Å²) in [5, 5.41) is 0. The van der Waals surface area contributed by atoms with Gasteiger partial charge in [-0.3, -0.25) is 4.40 Å². The highest BCUT2D eigenvalue weighted by molar-refractivity contribution is 7.89. The van der Waals surface area contributed by atoms with E-state index in [1.807, 2.05) is 6.92 Å². The monoisotopic (exact) mass is 437 g/mol. The smallest absolute Gasteiger partial charge is 0.243 e. The van der Waals surface area contributed by atoms with Crippen molar-refractivity contribution in [2.45, 2.75) is 44.4 Å². The molecule has 0 bridgehead atoms. The number of methoxy groups -OCH3 is 1. The molecule has 1 fully saturated rings. The molecule has 1 aromatic carbocycles. The molecule has 0 unspecified atom stereocenters. The van der Waals surface area contributed by atoms with Crippen molar-refractivity contribution >= 4 is 26.2 Å². The van der Waals surface area contributed by atoms with Crippen LogP contribution in [-0.2, 0) is 10.0 Å². The fraction of sp³-hybridized carbons (Fsp3) is 0.450. The van der Waals surface area contributed by atoms with Gasteiger partial charge in [0.15, 0.2) is 11.6 Å². The minimum Gasteiger partial charge on any atom is -0.494 e. The lowest BCUT2D eigenvalue weighted by Crippen LogP contribution is -2.38. The summed E-state index contributed by atoms with van der Waals surface area (Å²) >= 11 is 1.74. The van der Waals surface area contributed by atoms with Crippen LogP contribution in [0.1, 0.15) is 40.8 Å². The Balaban J connectivity index is 1.55. The summed E-state index contributed by atoms with van der Waals surface area (Å²) in [7, 11) is -2.39. The molecule has 0 N–H and O–H groups in total. The second kappa shape index (κ2) is 7.37. The summed E-state index contributed by atoms with van der Waals surface area (Å²) < 4.78 is 48.4. The number of sulfonamides is 1. The lowest BCUT2D eigenvalue weighted by Gasteiger charge is -2.30. The number of rotatable bonds is 4. The molecule has 3 aromatic rings. The third-order valence-corrected chi connectivity index (χ3v) is 8.81. The lowest BCUT2D eigenvalue weighted by atomic mass is 9.95. The molecule has 0 atom stereocenters. The molecule has 0 amide bonds. The molecule has 29 heavy (non-hydrogen) atoms. The van der Waals surface area contributed by atoms with Crippen molar-refractivity contribution in [3.63, 3.8) is 0 Å². The van der Waals surface area contributed by atoms with Crippen LogP contribution in [-0.4, -0.2) is 42.3 Å². The molecular formula is C20H24FN3O3S2. The van der Waals surface area contributed by atoms with Gasteiger partial charge in [0.25, 0.3) is 0 Å².